The van der Waals surface area contributed by atoms with Crippen LogP contribution in [0.5, 0.6) is 0 Å². The van der Waals surface area contributed by atoms with Gasteiger partial charge in [0.1, 0.15) is 5.82 Å². The minimum atomic E-state index is 0.333. The molecule has 4 heterocycles. The van der Waals surface area contributed by atoms with E-state index in [2.05, 4.69) is 50.7 Å². The van der Waals surface area contributed by atoms with Crippen LogP contribution in [0.3, 0.4) is 0 Å². The Bertz CT molecular complexity index is 964. The van der Waals surface area contributed by atoms with Crippen LogP contribution >= 0.6 is 0 Å². The highest BCUT2D eigenvalue weighted by Crippen LogP contribution is 2.33. The number of benzene rings is 1. The number of fused-ring (bicyclic) bond motifs is 1. The number of nitrogens with zero attached hydrogens (tertiary/aromatic N) is 6. The Labute approximate surface area is 165 Å². The van der Waals surface area contributed by atoms with Crippen molar-refractivity contribution in [1.29, 1.82) is 0 Å². The molecule has 0 spiro atoms. The molecule has 0 amide bonds. The molecule has 0 aliphatic carbocycles. The molecule has 146 valence electrons. The predicted octanol–water partition coefficient (Wildman–Crippen LogP) is 2.54. The van der Waals surface area contributed by atoms with E-state index in [1.54, 1.807) is 0 Å². The summed E-state index contributed by atoms with van der Waals surface area (Å²) in [5, 5.41) is 0. The van der Waals surface area contributed by atoms with E-state index in [0.29, 0.717) is 6.04 Å². The second-order valence-electron chi connectivity index (χ2n) is 7.59. The normalized spacial score (nSPS) is 20.9. The van der Waals surface area contributed by atoms with Gasteiger partial charge in [-0.05, 0) is 37.6 Å². The fourth-order valence-electron chi connectivity index (χ4n) is 4.37. The van der Waals surface area contributed by atoms with Crippen molar-refractivity contribution in [2.75, 3.05) is 37.7 Å². The summed E-state index contributed by atoms with van der Waals surface area (Å²) >= 11 is 0. The quantitative estimate of drug-likeness (QED) is 0.695. The van der Waals surface area contributed by atoms with Crippen molar-refractivity contribution in [3.63, 3.8) is 0 Å². The first kappa shape index (κ1) is 17.6. The van der Waals surface area contributed by atoms with Crippen LogP contribution in [0.25, 0.3) is 11.0 Å². The zero-order valence-electron chi connectivity index (χ0n) is 16.3. The van der Waals surface area contributed by atoms with Crippen LogP contribution in [0, 0.1) is 0 Å². The molecule has 0 radical (unpaired) electrons. The van der Waals surface area contributed by atoms with Crippen molar-refractivity contribution in [2.45, 2.75) is 25.4 Å². The molecular formula is C21H26N6O. The predicted molar refractivity (Wildman–Crippen MR) is 108 cm³/mol. The van der Waals surface area contributed by atoms with Crippen molar-refractivity contribution >= 4 is 17.0 Å². The lowest BCUT2D eigenvalue weighted by molar-refractivity contribution is 0.122. The van der Waals surface area contributed by atoms with Crippen LogP contribution in [-0.4, -0.2) is 57.3 Å². The van der Waals surface area contributed by atoms with E-state index in [0.717, 1.165) is 68.8 Å². The molecule has 3 aromatic rings. The van der Waals surface area contributed by atoms with Crippen LogP contribution in [0.2, 0.25) is 0 Å². The third-order valence-corrected chi connectivity index (χ3v) is 5.84. The van der Waals surface area contributed by atoms with Gasteiger partial charge in [0.05, 0.1) is 36.0 Å². The van der Waals surface area contributed by atoms with Gasteiger partial charge in [-0.15, -0.1) is 0 Å². The Morgan fingerprint density at radius 3 is 2.79 bits per heavy atom. The molecule has 1 aromatic carbocycles. The van der Waals surface area contributed by atoms with Gasteiger partial charge in [0.2, 0.25) is 5.95 Å². The first-order chi connectivity index (χ1) is 13.8. The van der Waals surface area contributed by atoms with Gasteiger partial charge in [-0.2, -0.15) is 0 Å². The van der Waals surface area contributed by atoms with E-state index in [9.17, 15) is 0 Å². The van der Waals surface area contributed by atoms with Gasteiger partial charge in [0.15, 0.2) is 0 Å². The summed E-state index contributed by atoms with van der Waals surface area (Å²) < 4.78 is 7.69. The second kappa shape index (κ2) is 7.48. The minimum absolute atomic E-state index is 0.333. The number of ether oxygens (including phenoxy) is 1. The molecule has 7 nitrogen and oxygen atoms in total. The number of rotatable bonds is 4. The molecule has 0 bridgehead atoms. The van der Waals surface area contributed by atoms with Gasteiger partial charge in [0.25, 0.3) is 0 Å². The Hall–Kier alpha value is -2.51. The average molecular weight is 378 g/mol. The topological polar surface area (TPSA) is 59.3 Å². The number of likely N-dealkylation sites (tertiary alicyclic amines) is 1. The molecule has 28 heavy (non-hydrogen) atoms. The number of para-hydroxylation sites is 2. The Morgan fingerprint density at radius 1 is 1.07 bits per heavy atom. The molecule has 2 saturated heterocycles. The summed E-state index contributed by atoms with van der Waals surface area (Å²) in [6.45, 7) is 5.10. The number of aryl methyl sites for hydroxylation is 1. The molecule has 0 saturated carbocycles. The Kier molecular flexibility index (Phi) is 4.70. The lowest BCUT2D eigenvalue weighted by Crippen LogP contribution is -2.37. The number of hydrogen-bond acceptors (Lipinski definition) is 6. The van der Waals surface area contributed by atoms with Gasteiger partial charge in [-0.1, -0.05) is 12.1 Å². The number of morpholine rings is 1. The highest BCUT2D eigenvalue weighted by atomic mass is 16.5. The van der Waals surface area contributed by atoms with Gasteiger partial charge >= 0.3 is 0 Å². The van der Waals surface area contributed by atoms with E-state index in [1.165, 1.54) is 11.9 Å². The zero-order chi connectivity index (χ0) is 18.9. The summed E-state index contributed by atoms with van der Waals surface area (Å²) in [5.74, 6) is 1.97. The fourth-order valence-corrected chi connectivity index (χ4v) is 4.37. The van der Waals surface area contributed by atoms with Crippen LogP contribution in [-0.2, 0) is 18.3 Å². The second-order valence-corrected chi connectivity index (χ2v) is 7.59. The molecule has 2 fully saturated rings. The van der Waals surface area contributed by atoms with E-state index >= 15 is 0 Å². The highest BCUT2D eigenvalue weighted by molar-refractivity contribution is 5.75. The van der Waals surface area contributed by atoms with Crippen LogP contribution in [0.4, 0.5) is 5.95 Å². The maximum Gasteiger partial charge on any atom is 0.225 e. The molecule has 1 unspecified atom stereocenters. The van der Waals surface area contributed by atoms with Crippen LogP contribution in [0.1, 0.15) is 30.4 Å². The van der Waals surface area contributed by atoms with Gasteiger partial charge in [-0.25, -0.2) is 15.0 Å². The molecule has 1 atom stereocenters. The molecule has 2 aromatic heterocycles. The van der Waals surface area contributed by atoms with E-state index < -0.39 is 0 Å². The minimum Gasteiger partial charge on any atom is -0.378 e. The first-order valence-corrected chi connectivity index (χ1v) is 10.1. The van der Waals surface area contributed by atoms with Gasteiger partial charge < -0.3 is 14.2 Å². The average Bonchev–Trinajstić information content (AvgIpc) is 3.33. The van der Waals surface area contributed by atoms with E-state index in [-0.39, 0.29) is 0 Å². The van der Waals surface area contributed by atoms with Crippen molar-refractivity contribution in [1.82, 2.24) is 24.4 Å². The zero-order valence-corrected chi connectivity index (χ0v) is 16.3. The fraction of sp³-hybridized carbons (Fsp3) is 0.476. The van der Waals surface area contributed by atoms with Crippen LogP contribution < -0.4 is 4.90 Å². The SMILES string of the molecule is Cn1c(C2CCCN2Cc2ccnc(N3CCOCC3)n2)nc2ccccc21. The Morgan fingerprint density at radius 2 is 1.93 bits per heavy atom. The van der Waals surface area contributed by atoms with Crippen LogP contribution in [0.15, 0.2) is 36.5 Å². The molecule has 7 heteroatoms. The number of imidazole rings is 1. The van der Waals surface area contributed by atoms with Crippen molar-refractivity contribution in [3.8, 4) is 0 Å². The van der Waals surface area contributed by atoms with Gasteiger partial charge in [0, 0.05) is 32.9 Å². The Balaban J connectivity index is 1.38. The van der Waals surface area contributed by atoms with Crippen molar-refractivity contribution in [3.05, 3.63) is 48.0 Å². The summed E-state index contributed by atoms with van der Waals surface area (Å²) in [7, 11) is 2.13. The molecule has 0 N–H and O–H groups in total. The molecule has 2 aliphatic heterocycles. The van der Waals surface area contributed by atoms with Crippen molar-refractivity contribution < 1.29 is 4.74 Å². The smallest absolute Gasteiger partial charge is 0.225 e. The summed E-state index contributed by atoms with van der Waals surface area (Å²) in [5.41, 5.74) is 3.34. The summed E-state index contributed by atoms with van der Waals surface area (Å²) in [4.78, 5) is 19.0. The maximum atomic E-state index is 5.44. The largest absolute Gasteiger partial charge is 0.378 e. The third-order valence-electron chi connectivity index (χ3n) is 5.84. The number of anilines is 1. The standard InChI is InChI=1S/C21H26N6O/c1-25-18-6-3-2-5-17(18)24-20(25)19-7-4-10-27(19)15-16-8-9-22-21(23-16)26-11-13-28-14-12-26/h2-3,5-6,8-9,19H,4,7,10-15H2,1H3. The van der Waals surface area contributed by atoms with Gasteiger partial charge in [-0.3, -0.25) is 4.90 Å². The monoisotopic (exact) mass is 378 g/mol. The lowest BCUT2D eigenvalue weighted by Gasteiger charge is -2.27. The third kappa shape index (κ3) is 3.25. The summed E-state index contributed by atoms with van der Waals surface area (Å²) in [6.07, 6.45) is 4.21. The molecular weight excluding hydrogens is 352 g/mol. The lowest BCUT2D eigenvalue weighted by atomic mass is 10.2. The summed E-state index contributed by atoms with van der Waals surface area (Å²) in [6, 6.07) is 10.7. The number of hydrogen-bond donors (Lipinski definition) is 0. The number of aromatic nitrogens is 4. The molecule has 5 rings (SSSR count). The first-order valence-electron chi connectivity index (χ1n) is 10.1. The van der Waals surface area contributed by atoms with E-state index in [4.69, 9.17) is 14.7 Å². The van der Waals surface area contributed by atoms with E-state index in [1.807, 2.05) is 12.3 Å². The highest BCUT2D eigenvalue weighted by Gasteiger charge is 2.30. The molecule has 2 aliphatic rings. The van der Waals surface area contributed by atoms with Crippen molar-refractivity contribution in [2.24, 2.45) is 7.05 Å². The maximum absolute atomic E-state index is 5.44.